The number of nitrogens with one attached hydrogen (secondary N) is 1. The summed E-state index contributed by atoms with van der Waals surface area (Å²) < 4.78 is 13.6. The maximum Gasteiger partial charge on any atom is 0.127 e. The van der Waals surface area contributed by atoms with E-state index in [9.17, 15) is 4.39 Å². The van der Waals surface area contributed by atoms with Crippen molar-refractivity contribution in [1.82, 2.24) is 5.32 Å². The van der Waals surface area contributed by atoms with Gasteiger partial charge in [0.2, 0.25) is 0 Å². The molecule has 0 radical (unpaired) electrons. The van der Waals surface area contributed by atoms with E-state index in [1.54, 1.807) is 12.1 Å². The van der Waals surface area contributed by atoms with E-state index >= 15 is 0 Å². The van der Waals surface area contributed by atoms with Gasteiger partial charge in [-0.3, -0.25) is 0 Å². The SMILES string of the molecule is CCCNCC(CC)Cc1c(F)cccc1Cl. The quantitative estimate of drug-likeness (QED) is 0.727. The van der Waals surface area contributed by atoms with Crippen LogP contribution in [-0.4, -0.2) is 13.1 Å². The third-order valence-corrected chi connectivity index (χ3v) is 3.35. The first-order valence-electron chi connectivity index (χ1n) is 6.32. The second-order valence-corrected chi connectivity index (χ2v) is 4.79. The Labute approximate surface area is 108 Å². The third kappa shape index (κ3) is 4.64. The fourth-order valence-corrected chi connectivity index (χ4v) is 2.10. The summed E-state index contributed by atoms with van der Waals surface area (Å²) in [5, 5.41) is 3.92. The summed E-state index contributed by atoms with van der Waals surface area (Å²) >= 11 is 6.03. The van der Waals surface area contributed by atoms with Gasteiger partial charge in [0.05, 0.1) is 0 Å². The first kappa shape index (κ1) is 14.5. The van der Waals surface area contributed by atoms with Crippen LogP contribution in [0.4, 0.5) is 4.39 Å². The Morgan fingerprint density at radius 1 is 1.35 bits per heavy atom. The lowest BCUT2D eigenvalue weighted by atomic mass is 9.96. The predicted octanol–water partition coefficient (Wildman–Crippen LogP) is 4.05. The Morgan fingerprint density at radius 3 is 2.71 bits per heavy atom. The van der Waals surface area contributed by atoms with Gasteiger partial charge in [-0.15, -0.1) is 0 Å². The molecule has 0 bridgehead atoms. The molecule has 0 aliphatic carbocycles. The fraction of sp³-hybridized carbons (Fsp3) is 0.571. The van der Waals surface area contributed by atoms with Gasteiger partial charge in [-0.25, -0.2) is 4.39 Å². The molecular weight excluding hydrogens is 237 g/mol. The minimum atomic E-state index is -0.188. The second-order valence-electron chi connectivity index (χ2n) is 4.38. The van der Waals surface area contributed by atoms with E-state index in [0.29, 0.717) is 22.9 Å². The largest absolute Gasteiger partial charge is 0.316 e. The number of hydrogen-bond donors (Lipinski definition) is 1. The molecule has 0 amide bonds. The summed E-state index contributed by atoms with van der Waals surface area (Å²) in [6, 6.07) is 4.89. The monoisotopic (exact) mass is 257 g/mol. The van der Waals surface area contributed by atoms with E-state index in [2.05, 4.69) is 19.2 Å². The maximum absolute atomic E-state index is 13.6. The molecule has 1 nitrogen and oxygen atoms in total. The van der Waals surface area contributed by atoms with Crippen LogP contribution in [0.5, 0.6) is 0 Å². The highest BCUT2D eigenvalue weighted by Gasteiger charge is 2.13. The molecule has 1 aromatic rings. The Bertz CT molecular complexity index is 321. The van der Waals surface area contributed by atoms with E-state index in [4.69, 9.17) is 11.6 Å². The van der Waals surface area contributed by atoms with Gasteiger partial charge in [0.15, 0.2) is 0 Å². The van der Waals surface area contributed by atoms with Crippen LogP contribution < -0.4 is 5.32 Å². The maximum atomic E-state index is 13.6. The molecule has 96 valence electrons. The van der Waals surface area contributed by atoms with Crippen molar-refractivity contribution in [1.29, 1.82) is 0 Å². The predicted molar refractivity (Wildman–Crippen MR) is 72.1 cm³/mol. The topological polar surface area (TPSA) is 12.0 Å². The summed E-state index contributed by atoms with van der Waals surface area (Å²) in [6.45, 7) is 6.21. The van der Waals surface area contributed by atoms with E-state index in [1.807, 2.05) is 0 Å². The summed E-state index contributed by atoms with van der Waals surface area (Å²) in [5.41, 5.74) is 0.652. The molecular formula is C14H21ClFN. The van der Waals surface area contributed by atoms with Crippen molar-refractivity contribution in [3.05, 3.63) is 34.6 Å². The van der Waals surface area contributed by atoms with Crippen LogP contribution in [0.2, 0.25) is 5.02 Å². The van der Waals surface area contributed by atoms with Crippen molar-refractivity contribution in [3.8, 4) is 0 Å². The highest BCUT2D eigenvalue weighted by atomic mass is 35.5. The molecule has 17 heavy (non-hydrogen) atoms. The Balaban J connectivity index is 2.60. The minimum Gasteiger partial charge on any atom is -0.316 e. The van der Waals surface area contributed by atoms with Gasteiger partial charge in [0.1, 0.15) is 5.82 Å². The summed E-state index contributed by atoms with van der Waals surface area (Å²) in [5.74, 6) is 0.252. The van der Waals surface area contributed by atoms with Crippen molar-refractivity contribution < 1.29 is 4.39 Å². The van der Waals surface area contributed by atoms with Crippen LogP contribution in [0.1, 0.15) is 32.3 Å². The van der Waals surface area contributed by atoms with Crippen LogP contribution in [-0.2, 0) is 6.42 Å². The average Bonchev–Trinajstić information content (AvgIpc) is 2.32. The first-order chi connectivity index (χ1) is 8.19. The van der Waals surface area contributed by atoms with Crippen LogP contribution in [0, 0.1) is 11.7 Å². The van der Waals surface area contributed by atoms with Crippen LogP contribution in [0.25, 0.3) is 0 Å². The van der Waals surface area contributed by atoms with Crippen LogP contribution in [0.15, 0.2) is 18.2 Å². The molecule has 0 fully saturated rings. The van der Waals surface area contributed by atoms with E-state index < -0.39 is 0 Å². The zero-order valence-corrected chi connectivity index (χ0v) is 11.4. The molecule has 1 N–H and O–H groups in total. The van der Waals surface area contributed by atoms with Crippen molar-refractivity contribution in [2.75, 3.05) is 13.1 Å². The van der Waals surface area contributed by atoms with E-state index in [1.165, 1.54) is 6.07 Å². The van der Waals surface area contributed by atoms with Crippen molar-refractivity contribution >= 4 is 11.6 Å². The number of hydrogen-bond acceptors (Lipinski definition) is 1. The van der Waals surface area contributed by atoms with Crippen molar-refractivity contribution in [2.45, 2.75) is 33.1 Å². The molecule has 1 unspecified atom stereocenters. The van der Waals surface area contributed by atoms with Gasteiger partial charge < -0.3 is 5.32 Å². The molecule has 0 aliphatic rings. The number of benzene rings is 1. The van der Waals surface area contributed by atoms with E-state index in [0.717, 1.165) is 25.9 Å². The molecule has 0 aromatic heterocycles. The summed E-state index contributed by atoms with van der Waals surface area (Å²) in [6.07, 6.45) is 2.86. The lowest BCUT2D eigenvalue weighted by Gasteiger charge is -2.16. The Morgan fingerprint density at radius 2 is 2.12 bits per heavy atom. The van der Waals surface area contributed by atoms with Crippen LogP contribution >= 0.6 is 11.6 Å². The fourth-order valence-electron chi connectivity index (χ4n) is 1.86. The number of rotatable bonds is 7. The zero-order chi connectivity index (χ0) is 12.7. The average molecular weight is 258 g/mol. The lowest BCUT2D eigenvalue weighted by Crippen LogP contribution is -2.24. The van der Waals surface area contributed by atoms with Crippen LogP contribution in [0.3, 0.4) is 0 Å². The summed E-state index contributed by atoms with van der Waals surface area (Å²) in [7, 11) is 0. The van der Waals surface area contributed by atoms with Gasteiger partial charge in [-0.05, 0) is 44.0 Å². The summed E-state index contributed by atoms with van der Waals surface area (Å²) in [4.78, 5) is 0. The normalized spacial score (nSPS) is 12.7. The smallest absolute Gasteiger partial charge is 0.127 e. The van der Waals surface area contributed by atoms with Gasteiger partial charge in [0, 0.05) is 10.6 Å². The molecule has 1 aromatic carbocycles. The zero-order valence-electron chi connectivity index (χ0n) is 10.6. The van der Waals surface area contributed by atoms with Gasteiger partial charge in [-0.2, -0.15) is 0 Å². The van der Waals surface area contributed by atoms with Gasteiger partial charge in [-0.1, -0.05) is 37.9 Å². The second kappa shape index (κ2) is 7.67. The molecule has 1 atom stereocenters. The first-order valence-corrected chi connectivity index (χ1v) is 6.70. The third-order valence-electron chi connectivity index (χ3n) is 2.99. The highest BCUT2D eigenvalue weighted by molar-refractivity contribution is 6.31. The standard InChI is InChI=1S/C14H21ClFN/c1-3-8-17-10-11(4-2)9-12-13(15)6-5-7-14(12)16/h5-7,11,17H,3-4,8-10H2,1-2H3. The van der Waals surface area contributed by atoms with Gasteiger partial charge in [0.25, 0.3) is 0 Å². The molecule has 0 spiro atoms. The lowest BCUT2D eigenvalue weighted by molar-refractivity contribution is 0.451. The van der Waals surface area contributed by atoms with Crippen molar-refractivity contribution in [3.63, 3.8) is 0 Å². The molecule has 0 saturated heterocycles. The highest BCUT2D eigenvalue weighted by Crippen LogP contribution is 2.23. The minimum absolute atomic E-state index is 0.188. The Hall–Kier alpha value is -0.600. The molecule has 3 heteroatoms. The molecule has 0 heterocycles. The number of halogens is 2. The molecule has 0 aliphatic heterocycles. The molecule has 0 saturated carbocycles. The van der Waals surface area contributed by atoms with Gasteiger partial charge >= 0.3 is 0 Å². The van der Waals surface area contributed by atoms with Crippen molar-refractivity contribution in [2.24, 2.45) is 5.92 Å². The van der Waals surface area contributed by atoms with E-state index in [-0.39, 0.29) is 5.82 Å². The Kier molecular flexibility index (Phi) is 6.53. The molecule has 1 rings (SSSR count).